The first kappa shape index (κ1) is 24.4. The second kappa shape index (κ2) is 9.70. The van der Waals surface area contributed by atoms with Crippen LogP contribution in [-0.2, 0) is 6.18 Å². The van der Waals surface area contributed by atoms with Gasteiger partial charge in [-0.2, -0.15) is 30.0 Å². The number of carbonyl (C=O) groups excluding carboxylic acids is 1. The summed E-state index contributed by atoms with van der Waals surface area (Å²) in [5.74, 6) is -0.496. The Morgan fingerprint density at radius 3 is 2.53 bits per heavy atom. The number of halogens is 5. The molecular formula is C22H22ClF4N3OS. The maximum absolute atomic E-state index is 13.9. The summed E-state index contributed by atoms with van der Waals surface area (Å²) in [5, 5.41) is 8.76. The SMILES string of the molecule is CSCCCC1(C)CN(C(=O)Nc2ccc(C(F)(F)F)c(F)c2)N=C1c1ccc(Cl)cc1. The molecule has 0 aliphatic carbocycles. The molecule has 4 nitrogen and oxygen atoms in total. The van der Waals surface area contributed by atoms with Crippen LogP contribution in [0.1, 0.15) is 30.9 Å². The zero-order chi connectivity index (χ0) is 23.5. The molecule has 10 heteroatoms. The van der Waals surface area contributed by atoms with Crippen LogP contribution in [0.3, 0.4) is 0 Å². The van der Waals surface area contributed by atoms with Crippen molar-refractivity contribution in [2.24, 2.45) is 10.5 Å². The number of urea groups is 1. The third kappa shape index (κ3) is 5.56. The highest BCUT2D eigenvalue weighted by Crippen LogP contribution is 2.37. The van der Waals surface area contributed by atoms with Crippen LogP contribution in [0.25, 0.3) is 0 Å². The Balaban J connectivity index is 1.83. The number of hydrogen-bond donors (Lipinski definition) is 1. The molecule has 32 heavy (non-hydrogen) atoms. The molecule has 0 spiro atoms. The highest BCUT2D eigenvalue weighted by molar-refractivity contribution is 7.98. The van der Waals surface area contributed by atoms with Gasteiger partial charge in [0, 0.05) is 16.1 Å². The van der Waals surface area contributed by atoms with Crippen LogP contribution in [-0.4, -0.2) is 35.3 Å². The van der Waals surface area contributed by atoms with Gasteiger partial charge in [0.1, 0.15) is 5.82 Å². The first-order valence-electron chi connectivity index (χ1n) is 9.83. The molecule has 0 aromatic heterocycles. The molecule has 0 bridgehead atoms. The standard InChI is InChI=1S/C22H22ClF4N3OS/c1-21(10-3-11-32-2)13-30(29-19(21)14-4-6-15(23)7-5-14)20(31)28-16-8-9-17(18(24)12-16)22(25,26)27/h4-9,12H,3,10-11,13H2,1-2H3,(H,28,31). The normalized spacial score (nSPS) is 18.6. The molecule has 2 aromatic carbocycles. The molecule has 0 radical (unpaired) electrons. The zero-order valence-electron chi connectivity index (χ0n) is 17.5. The van der Waals surface area contributed by atoms with Crippen molar-refractivity contribution in [2.45, 2.75) is 25.9 Å². The lowest BCUT2D eigenvalue weighted by atomic mass is 9.78. The number of hydrogen-bond acceptors (Lipinski definition) is 3. The van der Waals surface area contributed by atoms with Gasteiger partial charge in [0.2, 0.25) is 0 Å². The van der Waals surface area contributed by atoms with Crippen molar-refractivity contribution in [1.82, 2.24) is 5.01 Å². The fourth-order valence-electron chi connectivity index (χ4n) is 3.63. The number of thioether (sulfide) groups is 1. The van der Waals surface area contributed by atoms with E-state index in [1.54, 1.807) is 23.9 Å². The van der Waals surface area contributed by atoms with E-state index in [0.29, 0.717) is 17.2 Å². The second-order valence-corrected chi connectivity index (χ2v) is 9.21. The monoisotopic (exact) mass is 487 g/mol. The van der Waals surface area contributed by atoms with Gasteiger partial charge < -0.3 is 5.32 Å². The van der Waals surface area contributed by atoms with E-state index in [2.05, 4.69) is 10.4 Å². The lowest BCUT2D eigenvalue weighted by Gasteiger charge is -2.26. The number of anilines is 1. The van der Waals surface area contributed by atoms with Crippen molar-refractivity contribution in [2.75, 3.05) is 23.9 Å². The summed E-state index contributed by atoms with van der Waals surface area (Å²) in [7, 11) is 0. The third-order valence-corrected chi connectivity index (χ3v) is 6.19. The Labute approximate surface area is 193 Å². The van der Waals surface area contributed by atoms with Crippen molar-refractivity contribution in [3.63, 3.8) is 0 Å². The van der Waals surface area contributed by atoms with Gasteiger partial charge in [-0.3, -0.25) is 0 Å². The minimum absolute atomic E-state index is 0.0836. The van der Waals surface area contributed by atoms with Crippen molar-refractivity contribution < 1.29 is 22.4 Å². The Bertz CT molecular complexity index is 1010. The molecule has 1 aliphatic heterocycles. The molecule has 2 aromatic rings. The molecular weight excluding hydrogens is 466 g/mol. The van der Waals surface area contributed by atoms with Gasteiger partial charge in [-0.1, -0.05) is 30.7 Å². The Hall–Kier alpha value is -2.26. The highest BCUT2D eigenvalue weighted by atomic mass is 35.5. The van der Waals surface area contributed by atoms with Crippen LogP contribution in [0.15, 0.2) is 47.6 Å². The molecule has 1 atom stereocenters. The molecule has 1 aliphatic rings. The summed E-state index contributed by atoms with van der Waals surface area (Å²) >= 11 is 7.72. The summed E-state index contributed by atoms with van der Waals surface area (Å²) in [6, 6.07) is 8.78. The van der Waals surface area contributed by atoms with E-state index < -0.39 is 29.0 Å². The average Bonchev–Trinajstić information content (AvgIpc) is 3.05. The number of alkyl halides is 3. The maximum Gasteiger partial charge on any atom is 0.419 e. The number of nitrogens with zero attached hydrogens (tertiary/aromatic N) is 2. The van der Waals surface area contributed by atoms with E-state index in [1.165, 1.54) is 5.01 Å². The van der Waals surface area contributed by atoms with Crippen LogP contribution in [0, 0.1) is 11.2 Å². The molecule has 172 valence electrons. The Morgan fingerprint density at radius 1 is 1.25 bits per heavy atom. The largest absolute Gasteiger partial charge is 0.419 e. The van der Waals surface area contributed by atoms with E-state index in [0.717, 1.165) is 35.9 Å². The molecule has 2 amide bonds. The fraction of sp³-hybridized carbons (Fsp3) is 0.364. The first-order chi connectivity index (χ1) is 15.0. The Morgan fingerprint density at radius 2 is 1.94 bits per heavy atom. The van der Waals surface area contributed by atoms with Gasteiger partial charge in [0.05, 0.1) is 17.8 Å². The number of carbonyl (C=O) groups is 1. The number of rotatable bonds is 6. The number of benzene rings is 2. The highest BCUT2D eigenvalue weighted by Gasteiger charge is 2.41. The maximum atomic E-state index is 13.9. The van der Waals surface area contributed by atoms with Crippen LogP contribution >= 0.6 is 23.4 Å². The fourth-order valence-corrected chi connectivity index (χ4v) is 4.19. The van der Waals surface area contributed by atoms with E-state index >= 15 is 0 Å². The lowest BCUT2D eigenvalue weighted by Crippen LogP contribution is -2.36. The molecule has 1 heterocycles. The molecule has 3 rings (SSSR count). The predicted molar refractivity (Wildman–Crippen MR) is 121 cm³/mol. The summed E-state index contributed by atoms with van der Waals surface area (Å²) in [5.41, 5.74) is -0.339. The van der Waals surface area contributed by atoms with E-state index in [4.69, 9.17) is 11.6 Å². The number of amides is 2. The number of hydrazone groups is 1. The first-order valence-corrected chi connectivity index (χ1v) is 11.6. The lowest BCUT2D eigenvalue weighted by molar-refractivity contribution is -0.139. The summed E-state index contributed by atoms with van der Waals surface area (Å²) < 4.78 is 52.2. The predicted octanol–water partition coefficient (Wildman–Crippen LogP) is 6.90. The smallest absolute Gasteiger partial charge is 0.306 e. The number of nitrogens with one attached hydrogen (secondary N) is 1. The summed E-state index contributed by atoms with van der Waals surface area (Å²) in [6.45, 7) is 2.31. The van der Waals surface area contributed by atoms with Crippen LogP contribution in [0.5, 0.6) is 0 Å². The topological polar surface area (TPSA) is 44.7 Å². The Kier molecular flexibility index (Phi) is 7.39. The average molecular weight is 488 g/mol. The van der Waals surface area contributed by atoms with Gasteiger partial charge in [-0.15, -0.1) is 0 Å². The van der Waals surface area contributed by atoms with Gasteiger partial charge >= 0.3 is 12.2 Å². The van der Waals surface area contributed by atoms with Crippen LogP contribution in [0.4, 0.5) is 28.0 Å². The van der Waals surface area contributed by atoms with Gasteiger partial charge in [-0.25, -0.2) is 14.2 Å². The molecule has 0 fully saturated rings. The van der Waals surface area contributed by atoms with E-state index in [1.807, 2.05) is 25.3 Å². The van der Waals surface area contributed by atoms with Crippen molar-refractivity contribution in [3.8, 4) is 0 Å². The van der Waals surface area contributed by atoms with Crippen molar-refractivity contribution in [1.29, 1.82) is 0 Å². The second-order valence-electron chi connectivity index (χ2n) is 7.79. The van der Waals surface area contributed by atoms with Crippen LogP contribution < -0.4 is 5.32 Å². The molecule has 1 unspecified atom stereocenters. The molecule has 1 N–H and O–H groups in total. The molecule has 0 saturated heterocycles. The van der Waals surface area contributed by atoms with Gasteiger partial charge in [-0.05, 0) is 60.7 Å². The van der Waals surface area contributed by atoms with E-state index in [9.17, 15) is 22.4 Å². The summed E-state index contributed by atoms with van der Waals surface area (Å²) in [4.78, 5) is 12.8. The van der Waals surface area contributed by atoms with E-state index in [-0.39, 0.29) is 12.2 Å². The zero-order valence-corrected chi connectivity index (χ0v) is 19.0. The third-order valence-electron chi connectivity index (χ3n) is 5.25. The van der Waals surface area contributed by atoms with Crippen molar-refractivity contribution in [3.05, 3.63) is 64.4 Å². The minimum Gasteiger partial charge on any atom is -0.306 e. The van der Waals surface area contributed by atoms with Crippen LogP contribution in [0.2, 0.25) is 5.02 Å². The van der Waals surface area contributed by atoms with Gasteiger partial charge in [0.25, 0.3) is 0 Å². The molecule has 0 saturated carbocycles. The van der Waals surface area contributed by atoms with Crippen molar-refractivity contribution >= 4 is 40.8 Å². The minimum atomic E-state index is -4.81. The quantitative estimate of drug-likeness (QED) is 0.356. The van der Waals surface area contributed by atoms with Gasteiger partial charge in [0.15, 0.2) is 0 Å². The summed E-state index contributed by atoms with van der Waals surface area (Å²) in [6.07, 6.45) is -1.08.